The van der Waals surface area contributed by atoms with Gasteiger partial charge in [0.1, 0.15) is 28.7 Å². The van der Waals surface area contributed by atoms with Gasteiger partial charge in [0.15, 0.2) is 0 Å². The van der Waals surface area contributed by atoms with Crippen molar-refractivity contribution in [2.45, 2.75) is 64.5 Å². The Bertz CT molecular complexity index is 2640. The Hall–Kier alpha value is -6.35. The van der Waals surface area contributed by atoms with Crippen molar-refractivity contribution < 1.29 is 35.9 Å². The fourth-order valence-electron chi connectivity index (χ4n) is 7.57. The quantitative estimate of drug-likeness (QED) is 0.125. The van der Waals surface area contributed by atoms with Crippen molar-refractivity contribution in [3.8, 4) is 5.75 Å². The third-order valence-electron chi connectivity index (χ3n) is 10.7. The van der Waals surface area contributed by atoms with Crippen molar-refractivity contribution in [1.29, 1.82) is 0 Å². The minimum absolute atomic E-state index is 0.200. The van der Waals surface area contributed by atoms with Crippen molar-refractivity contribution in [3.05, 3.63) is 160 Å². The van der Waals surface area contributed by atoms with E-state index in [4.69, 9.17) is 11.6 Å². The number of fused-ring (bicyclic) bond motifs is 2. The highest BCUT2D eigenvalue weighted by molar-refractivity contribution is 6.30. The number of rotatable bonds is 11. The summed E-state index contributed by atoms with van der Waals surface area (Å²) in [5.41, 5.74) is 6.08. The number of imidazole rings is 1. The van der Waals surface area contributed by atoms with Crippen LogP contribution in [-0.2, 0) is 25.6 Å². The summed E-state index contributed by atoms with van der Waals surface area (Å²) in [6.07, 6.45) is -4.24. The SMILES string of the molecule is CCc1nc2ccc(Cl)cn2c1C(=O)NCc1ccc(N2CCC(c3ccc(OC(F)(F)F)cc3)CC2)cc1.Cc1nc(NCCc2ccc(C(F)(F)F)cc2)c2ccccc2n1. The van der Waals surface area contributed by atoms with Gasteiger partial charge in [-0.1, -0.05) is 67.1 Å². The average Bonchev–Trinajstić information content (AvgIpc) is 3.63. The van der Waals surface area contributed by atoms with Gasteiger partial charge >= 0.3 is 12.5 Å². The van der Waals surface area contributed by atoms with E-state index in [9.17, 15) is 31.1 Å². The molecular formula is C47H44ClF6N7O2. The second-order valence-electron chi connectivity index (χ2n) is 15.1. The Morgan fingerprint density at radius 1 is 0.825 bits per heavy atom. The second-order valence-corrected chi connectivity index (χ2v) is 15.5. The number of alkyl halides is 6. The number of carbonyl (C=O) groups excluding carboxylic acids is 1. The molecule has 7 aromatic rings. The fraction of sp³-hybridized carbons (Fsp3) is 0.277. The number of para-hydroxylation sites is 1. The summed E-state index contributed by atoms with van der Waals surface area (Å²) in [5.74, 6) is 1.30. The van der Waals surface area contributed by atoms with Gasteiger partial charge in [0.2, 0.25) is 0 Å². The number of hydrogen-bond donors (Lipinski definition) is 2. The molecule has 0 saturated carbocycles. The lowest BCUT2D eigenvalue weighted by molar-refractivity contribution is -0.274. The number of hydrogen-bond acceptors (Lipinski definition) is 7. The summed E-state index contributed by atoms with van der Waals surface area (Å²) in [6, 6.07) is 30.8. The maximum atomic E-state index is 13.0. The summed E-state index contributed by atoms with van der Waals surface area (Å²) in [7, 11) is 0. The number of ether oxygens (including phenoxy) is 1. The van der Waals surface area contributed by atoms with Gasteiger partial charge in [0, 0.05) is 43.4 Å². The summed E-state index contributed by atoms with van der Waals surface area (Å²) >= 11 is 6.14. The van der Waals surface area contributed by atoms with Crippen molar-refractivity contribution in [2.24, 2.45) is 0 Å². The first-order chi connectivity index (χ1) is 30.1. The van der Waals surface area contributed by atoms with Crippen LogP contribution in [0.1, 0.15) is 69.9 Å². The van der Waals surface area contributed by atoms with Crippen molar-refractivity contribution >= 4 is 45.6 Å². The number of aromatic nitrogens is 4. The van der Waals surface area contributed by atoms with Gasteiger partial charge in [-0.3, -0.25) is 9.20 Å². The van der Waals surface area contributed by atoms with E-state index in [1.165, 1.54) is 24.3 Å². The van der Waals surface area contributed by atoms with Gasteiger partial charge in [-0.25, -0.2) is 15.0 Å². The van der Waals surface area contributed by atoms with Gasteiger partial charge in [-0.15, -0.1) is 13.2 Å². The predicted molar refractivity (Wildman–Crippen MR) is 232 cm³/mol. The smallest absolute Gasteiger partial charge is 0.406 e. The van der Waals surface area contributed by atoms with Crippen molar-refractivity contribution in [1.82, 2.24) is 24.7 Å². The molecule has 4 heterocycles. The van der Waals surface area contributed by atoms with Crippen LogP contribution in [0, 0.1) is 6.92 Å². The van der Waals surface area contributed by atoms with Crippen molar-refractivity contribution in [3.63, 3.8) is 0 Å². The van der Waals surface area contributed by atoms with Crippen LogP contribution in [0.15, 0.2) is 115 Å². The molecule has 0 atom stereocenters. The van der Waals surface area contributed by atoms with E-state index < -0.39 is 18.1 Å². The number of aryl methyl sites for hydroxylation is 2. The van der Waals surface area contributed by atoms with Crippen LogP contribution in [0.4, 0.5) is 37.8 Å². The fourth-order valence-corrected chi connectivity index (χ4v) is 7.73. The number of nitrogens with one attached hydrogen (secondary N) is 2. The Morgan fingerprint density at radius 3 is 2.17 bits per heavy atom. The molecule has 1 aliphatic heterocycles. The summed E-state index contributed by atoms with van der Waals surface area (Å²) in [6.45, 7) is 6.44. The number of piperidine rings is 1. The number of nitrogens with zero attached hydrogens (tertiary/aromatic N) is 5. The molecule has 2 N–H and O–H groups in total. The minimum Gasteiger partial charge on any atom is -0.406 e. The number of halogens is 7. The van der Waals surface area contributed by atoms with Gasteiger partial charge in [0.25, 0.3) is 5.91 Å². The average molecular weight is 888 g/mol. The van der Waals surface area contributed by atoms with Crippen LogP contribution >= 0.6 is 11.6 Å². The Kier molecular flexibility index (Phi) is 13.7. The largest absolute Gasteiger partial charge is 0.573 e. The molecule has 63 heavy (non-hydrogen) atoms. The number of amides is 1. The molecule has 16 heteroatoms. The highest BCUT2D eigenvalue weighted by atomic mass is 35.5. The van der Waals surface area contributed by atoms with Gasteiger partial charge in [0.05, 0.1) is 21.8 Å². The molecule has 0 spiro atoms. The Labute approximate surface area is 365 Å². The maximum absolute atomic E-state index is 13.0. The molecule has 1 fully saturated rings. The highest BCUT2D eigenvalue weighted by Gasteiger charge is 2.31. The highest BCUT2D eigenvalue weighted by Crippen LogP contribution is 2.33. The van der Waals surface area contributed by atoms with E-state index in [0.717, 1.165) is 82.9 Å². The molecule has 3 aromatic heterocycles. The monoisotopic (exact) mass is 887 g/mol. The molecule has 4 aromatic carbocycles. The van der Waals surface area contributed by atoms with E-state index in [0.29, 0.717) is 48.1 Å². The van der Waals surface area contributed by atoms with Crippen LogP contribution in [0.5, 0.6) is 5.75 Å². The predicted octanol–water partition coefficient (Wildman–Crippen LogP) is 11.4. The molecule has 328 valence electrons. The molecule has 0 radical (unpaired) electrons. The van der Waals surface area contributed by atoms with E-state index in [-0.39, 0.29) is 17.6 Å². The molecule has 0 bridgehead atoms. The molecule has 0 unspecified atom stereocenters. The molecule has 9 nitrogen and oxygen atoms in total. The first-order valence-electron chi connectivity index (χ1n) is 20.4. The molecule has 1 amide bonds. The van der Waals surface area contributed by atoms with E-state index in [1.807, 2.05) is 50.2 Å². The standard InChI is InChI=1S/C29H28ClF3N4O2.C18H16F3N3/c1-2-25-27(37-18-22(30)7-12-26(37)35-25)28(38)34-17-19-3-8-23(9-4-19)36-15-13-21(14-16-36)20-5-10-24(11-6-20)39-29(31,32)33;1-12-23-16-5-3-2-4-15(16)17(24-12)22-11-10-13-6-8-14(9-7-13)18(19,20)21/h3-12,18,21H,2,13-17H2,1H3,(H,34,38);2-9H,10-11H2,1H3,(H,22,23,24). The lowest BCUT2D eigenvalue weighted by atomic mass is 9.89. The minimum atomic E-state index is -4.68. The van der Waals surface area contributed by atoms with Gasteiger partial charge < -0.3 is 20.3 Å². The summed E-state index contributed by atoms with van der Waals surface area (Å²) in [5, 5.41) is 7.71. The Morgan fingerprint density at radius 2 is 1.51 bits per heavy atom. The molecule has 8 rings (SSSR count). The number of anilines is 2. The van der Waals surface area contributed by atoms with Gasteiger partial charge in [-0.2, -0.15) is 13.2 Å². The first-order valence-corrected chi connectivity index (χ1v) is 20.8. The lowest BCUT2D eigenvalue weighted by Crippen LogP contribution is -2.32. The zero-order valence-electron chi connectivity index (χ0n) is 34.4. The Balaban J connectivity index is 0.000000212. The summed E-state index contributed by atoms with van der Waals surface area (Å²) < 4.78 is 80.6. The summed E-state index contributed by atoms with van der Waals surface area (Å²) in [4.78, 5) is 28.7. The third-order valence-corrected chi connectivity index (χ3v) is 11.0. The number of carbonyl (C=O) groups is 1. The molecule has 0 aliphatic carbocycles. The first kappa shape index (κ1) is 44.7. The van der Waals surface area contributed by atoms with Crippen LogP contribution in [0.3, 0.4) is 0 Å². The van der Waals surface area contributed by atoms with E-state index in [2.05, 4.69) is 47.4 Å². The van der Waals surface area contributed by atoms with E-state index in [1.54, 1.807) is 34.9 Å². The maximum Gasteiger partial charge on any atom is 0.573 e. The van der Waals surface area contributed by atoms with E-state index >= 15 is 0 Å². The molecule has 1 aliphatic rings. The normalized spacial score (nSPS) is 13.4. The topological polar surface area (TPSA) is 96.7 Å². The van der Waals surface area contributed by atoms with Crippen LogP contribution in [0.25, 0.3) is 16.6 Å². The number of pyridine rings is 1. The van der Waals surface area contributed by atoms with Crippen LogP contribution < -0.4 is 20.3 Å². The molecule has 1 saturated heterocycles. The van der Waals surface area contributed by atoms with Crippen LogP contribution in [-0.4, -0.2) is 51.3 Å². The third kappa shape index (κ3) is 11.6. The van der Waals surface area contributed by atoms with Crippen LogP contribution in [0.2, 0.25) is 5.02 Å². The second kappa shape index (κ2) is 19.4. The molecular weight excluding hydrogens is 844 g/mol. The zero-order chi connectivity index (χ0) is 44.7. The van der Waals surface area contributed by atoms with Gasteiger partial charge in [-0.05, 0) is 116 Å². The number of benzene rings is 4. The van der Waals surface area contributed by atoms with Crippen molar-refractivity contribution in [2.75, 3.05) is 29.9 Å². The lowest BCUT2D eigenvalue weighted by Gasteiger charge is -2.34. The zero-order valence-corrected chi connectivity index (χ0v) is 35.2.